The Bertz CT molecular complexity index is 301. The molecule has 17 heavy (non-hydrogen) atoms. The van der Waals surface area contributed by atoms with E-state index >= 15 is 0 Å². The molecule has 1 rings (SSSR count). The van der Waals surface area contributed by atoms with Crippen LogP contribution in [0.4, 0.5) is 0 Å². The van der Waals surface area contributed by atoms with Gasteiger partial charge in [0.2, 0.25) is 0 Å². The molecule has 2 unspecified atom stereocenters. The maximum Gasteiger partial charge on any atom is 0.0315 e. The van der Waals surface area contributed by atoms with Gasteiger partial charge in [-0.2, -0.15) is 0 Å². The van der Waals surface area contributed by atoms with E-state index in [9.17, 15) is 0 Å². The van der Waals surface area contributed by atoms with Gasteiger partial charge in [-0.05, 0) is 38.6 Å². The molecule has 0 aromatic carbocycles. The minimum Gasteiger partial charge on any atom is -0.309 e. The van der Waals surface area contributed by atoms with Crippen molar-refractivity contribution in [1.82, 2.24) is 15.2 Å². The quantitative estimate of drug-likeness (QED) is 0.820. The topological polar surface area (TPSA) is 28.2 Å². The van der Waals surface area contributed by atoms with E-state index in [4.69, 9.17) is 0 Å². The molecule has 1 aromatic rings. The van der Waals surface area contributed by atoms with Crippen LogP contribution in [0.1, 0.15) is 32.4 Å². The van der Waals surface area contributed by atoms with Crippen molar-refractivity contribution in [3.05, 3.63) is 30.1 Å². The van der Waals surface area contributed by atoms with Crippen LogP contribution >= 0.6 is 0 Å². The molecule has 3 heteroatoms. The van der Waals surface area contributed by atoms with Crippen LogP contribution in [0, 0.1) is 5.92 Å². The SMILES string of the molecule is CC(NCC(C(C)C)N(C)C)c1cccnc1. The van der Waals surface area contributed by atoms with E-state index in [2.05, 4.69) is 56.1 Å². The lowest BCUT2D eigenvalue weighted by atomic mass is 10.0. The monoisotopic (exact) mass is 235 g/mol. The lowest BCUT2D eigenvalue weighted by Gasteiger charge is -2.29. The second-order valence-corrected chi connectivity index (χ2v) is 5.19. The van der Waals surface area contributed by atoms with E-state index in [0.717, 1.165) is 6.54 Å². The van der Waals surface area contributed by atoms with E-state index in [1.54, 1.807) is 0 Å². The summed E-state index contributed by atoms with van der Waals surface area (Å²) in [4.78, 5) is 6.44. The van der Waals surface area contributed by atoms with Gasteiger partial charge in [0.1, 0.15) is 0 Å². The third-order valence-electron chi connectivity index (χ3n) is 3.25. The van der Waals surface area contributed by atoms with Gasteiger partial charge in [0, 0.05) is 31.0 Å². The second-order valence-electron chi connectivity index (χ2n) is 5.19. The number of rotatable bonds is 6. The van der Waals surface area contributed by atoms with Crippen molar-refractivity contribution in [3.63, 3.8) is 0 Å². The maximum atomic E-state index is 4.15. The fraction of sp³-hybridized carbons (Fsp3) is 0.643. The Morgan fingerprint density at radius 3 is 2.47 bits per heavy atom. The zero-order chi connectivity index (χ0) is 12.8. The average molecular weight is 235 g/mol. The number of likely N-dealkylation sites (N-methyl/N-ethyl adjacent to an activating group) is 1. The Morgan fingerprint density at radius 2 is 2.00 bits per heavy atom. The van der Waals surface area contributed by atoms with Gasteiger partial charge in [-0.15, -0.1) is 0 Å². The van der Waals surface area contributed by atoms with Gasteiger partial charge in [0.05, 0.1) is 0 Å². The first kappa shape index (κ1) is 14.1. The number of hydrogen-bond donors (Lipinski definition) is 1. The molecule has 0 radical (unpaired) electrons. The van der Waals surface area contributed by atoms with Crippen molar-refractivity contribution in [2.45, 2.75) is 32.9 Å². The summed E-state index contributed by atoms with van der Waals surface area (Å²) < 4.78 is 0. The summed E-state index contributed by atoms with van der Waals surface area (Å²) >= 11 is 0. The standard InChI is InChI=1S/C14H25N3/c1-11(2)14(17(4)5)10-16-12(3)13-7-6-8-15-9-13/h6-9,11-12,14,16H,10H2,1-5H3. The Labute approximate surface area is 105 Å². The van der Waals surface area contributed by atoms with Crippen LogP contribution in [0.2, 0.25) is 0 Å². The lowest BCUT2D eigenvalue weighted by molar-refractivity contribution is 0.220. The molecule has 0 amide bonds. The molecule has 0 bridgehead atoms. The van der Waals surface area contributed by atoms with Crippen LogP contribution in [0.3, 0.4) is 0 Å². The van der Waals surface area contributed by atoms with Gasteiger partial charge in [0.15, 0.2) is 0 Å². The summed E-state index contributed by atoms with van der Waals surface area (Å²) in [5.41, 5.74) is 1.24. The normalized spacial score (nSPS) is 15.2. The molecule has 0 aliphatic rings. The van der Waals surface area contributed by atoms with Crippen molar-refractivity contribution < 1.29 is 0 Å². The summed E-state index contributed by atoms with van der Waals surface area (Å²) in [6, 6.07) is 5.02. The van der Waals surface area contributed by atoms with Crippen molar-refractivity contribution in [3.8, 4) is 0 Å². The molecule has 0 saturated heterocycles. The lowest BCUT2D eigenvalue weighted by Crippen LogP contribution is -2.42. The fourth-order valence-electron chi connectivity index (χ4n) is 2.06. The first-order valence-corrected chi connectivity index (χ1v) is 6.32. The highest BCUT2D eigenvalue weighted by atomic mass is 15.1. The number of aromatic nitrogens is 1. The second kappa shape index (κ2) is 6.72. The van der Waals surface area contributed by atoms with Crippen molar-refractivity contribution in [2.75, 3.05) is 20.6 Å². The summed E-state index contributed by atoms with van der Waals surface area (Å²) in [5.74, 6) is 0.651. The van der Waals surface area contributed by atoms with Gasteiger partial charge < -0.3 is 10.2 Å². The average Bonchev–Trinajstić information content (AvgIpc) is 2.29. The number of nitrogens with zero attached hydrogens (tertiary/aromatic N) is 2. The molecular weight excluding hydrogens is 210 g/mol. The summed E-state index contributed by atoms with van der Waals surface area (Å²) in [7, 11) is 4.28. The molecule has 1 heterocycles. The zero-order valence-corrected chi connectivity index (χ0v) is 11.6. The molecule has 96 valence electrons. The molecule has 2 atom stereocenters. The molecular formula is C14H25N3. The predicted octanol–water partition coefficient (Wildman–Crippen LogP) is 2.32. The van der Waals surface area contributed by atoms with Crippen molar-refractivity contribution >= 4 is 0 Å². The van der Waals surface area contributed by atoms with Crippen LogP contribution in [0.15, 0.2) is 24.5 Å². The number of nitrogens with one attached hydrogen (secondary N) is 1. The minimum absolute atomic E-state index is 0.352. The molecule has 1 aromatic heterocycles. The van der Waals surface area contributed by atoms with Crippen molar-refractivity contribution in [2.24, 2.45) is 5.92 Å². The zero-order valence-electron chi connectivity index (χ0n) is 11.6. The largest absolute Gasteiger partial charge is 0.309 e. The van der Waals surface area contributed by atoms with E-state index < -0.39 is 0 Å². The highest BCUT2D eigenvalue weighted by molar-refractivity contribution is 5.12. The first-order chi connectivity index (χ1) is 8.02. The van der Waals surface area contributed by atoms with Gasteiger partial charge in [-0.25, -0.2) is 0 Å². The minimum atomic E-state index is 0.352. The first-order valence-electron chi connectivity index (χ1n) is 6.32. The Kier molecular flexibility index (Phi) is 5.59. The van der Waals surface area contributed by atoms with Crippen LogP contribution in [0.25, 0.3) is 0 Å². The summed E-state index contributed by atoms with van der Waals surface area (Å²) in [6.45, 7) is 7.72. The van der Waals surface area contributed by atoms with E-state index in [-0.39, 0.29) is 0 Å². The predicted molar refractivity (Wildman–Crippen MR) is 73.0 cm³/mol. The van der Waals surface area contributed by atoms with E-state index in [0.29, 0.717) is 18.0 Å². The Balaban J connectivity index is 2.50. The van der Waals surface area contributed by atoms with Gasteiger partial charge in [-0.1, -0.05) is 19.9 Å². The Morgan fingerprint density at radius 1 is 1.29 bits per heavy atom. The van der Waals surface area contributed by atoms with E-state index in [1.165, 1.54) is 5.56 Å². The maximum absolute atomic E-state index is 4.15. The molecule has 1 N–H and O–H groups in total. The fourth-order valence-corrected chi connectivity index (χ4v) is 2.06. The highest BCUT2D eigenvalue weighted by Crippen LogP contribution is 2.12. The number of hydrogen-bond acceptors (Lipinski definition) is 3. The van der Waals surface area contributed by atoms with Crippen LogP contribution in [0.5, 0.6) is 0 Å². The smallest absolute Gasteiger partial charge is 0.0315 e. The van der Waals surface area contributed by atoms with Crippen LogP contribution < -0.4 is 5.32 Å². The number of pyridine rings is 1. The van der Waals surface area contributed by atoms with Crippen molar-refractivity contribution in [1.29, 1.82) is 0 Å². The third-order valence-corrected chi connectivity index (χ3v) is 3.25. The van der Waals surface area contributed by atoms with Gasteiger partial charge in [0.25, 0.3) is 0 Å². The summed E-state index contributed by atoms with van der Waals surface area (Å²) in [5, 5.41) is 3.58. The Hall–Kier alpha value is -0.930. The van der Waals surface area contributed by atoms with E-state index in [1.807, 2.05) is 18.5 Å². The van der Waals surface area contributed by atoms with Gasteiger partial charge >= 0.3 is 0 Å². The molecule has 0 fully saturated rings. The molecule has 0 spiro atoms. The summed E-state index contributed by atoms with van der Waals surface area (Å²) in [6.07, 6.45) is 3.74. The van der Waals surface area contributed by atoms with Crippen LogP contribution in [-0.2, 0) is 0 Å². The van der Waals surface area contributed by atoms with Crippen LogP contribution in [-0.4, -0.2) is 36.6 Å². The molecule has 0 aliphatic heterocycles. The molecule has 0 aliphatic carbocycles. The highest BCUT2D eigenvalue weighted by Gasteiger charge is 2.16. The van der Waals surface area contributed by atoms with Gasteiger partial charge in [-0.3, -0.25) is 4.98 Å². The molecule has 0 saturated carbocycles. The third kappa shape index (κ3) is 4.44. The molecule has 3 nitrogen and oxygen atoms in total.